The van der Waals surface area contributed by atoms with Crippen LogP contribution in [0.25, 0.3) is 0 Å². The van der Waals surface area contributed by atoms with Crippen molar-refractivity contribution in [3.63, 3.8) is 0 Å². The molecule has 2 aliphatic rings. The summed E-state index contributed by atoms with van der Waals surface area (Å²) in [6, 6.07) is 0. The Bertz CT molecular complexity index is 225. The summed E-state index contributed by atoms with van der Waals surface area (Å²) < 4.78 is 11.1. The second-order valence-corrected chi connectivity index (χ2v) is 5.84. The van der Waals surface area contributed by atoms with Crippen LogP contribution in [0, 0.1) is 17.3 Å². The zero-order valence-electron chi connectivity index (χ0n) is 10.4. The molecular weight excluding hydrogens is 200 g/mol. The average molecular weight is 224 g/mol. The normalized spacial score (nSPS) is 33.1. The average Bonchev–Trinajstić information content (AvgIpc) is 2.28. The summed E-state index contributed by atoms with van der Waals surface area (Å²) in [5, 5.41) is 0. The molecule has 0 aromatic carbocycles. The van der Waals surface area contributed by atoms with Crippen molar-refractivity contribution in [2.75, 3.05) is 26.4 Å². The number of hydrogen-bond donors (Lipinski definition) is 0. The van der Waals surface area contributed by atoms with Crippen molar-refractivity contribution in [3.05, 3.63) is 12.7 Å². The molecule has 1 heterocycles. The molecule has 2 heteroatoms. The molecule has 2 nitrogen and oxygen atoms in total. The van der Waals surface area contributed by atoms with Gasteiger partial charge in [-0.05, 0) is 37.5 Å². The lowest BCUT2D eigenvalue weighted by Gasteiger charge is -2.38. The van der Waals surface area contributed by atoms with Gasteiger partial charge in [0.1, 0.15) is 0 Å². The first-order valence-corrected chi connectivity index (χ1v) is 6.50. The van der Waals surface area contributed by atoms with Crippen molar-refractivity contribution in [1.29, 1.82) is 0 Å². The minimum absolute atomic E-state index is 0.304. The molecule has 2 fully saturated rings. The van der Waals surface area contributed by atoms with Gasteiger partial charge in [-0.15, -0.1) is 6.58 Å². The van der Waals surface area contributed by atoms with Crippen LogP contribution in [0.4, 0.5) is 0 Å². The van der Waals surface area contributed by atoms with Crippen LogP contribution >= 0.6 is 0 Å². The fraction of sp³-hybridized carbons (Fsp3) is 0.857. The van der Waals surface area contributed by atoms with E-state index >= 15 is 0 Å². The van der Waals surface area contributed by atoms with Crippen LogP contribution in [0.5, 0.6) is 0 Å². The van der Waals surface area contributed by atoms with Gasteiger partial charge in [0.25, 0.3) is 0 Å². The number of rotatable bonds is 5. The summed E-state index contributed by atoms with van der Waals surface area (Å²) in [6.45, 7) is 9.67. The highest BCUT2D eigenvalue weighted by Gasteiger charge is 2.33. The Kier molecular flexibility index (Phi) is 4.04. The van der Waals surface area contributed by atoms with E-state index in [4.69, 9.17) is 9.47 Å². The van der Waals surface area contributed by atoms with Gasteiger partial charge in [-0.2, -0.15) is 0 Å². The maximum absolute atomic E-state index is 5.84. The summed E-state index contributed by atoms with van der Waals surface area (Å²) in [6.07, 6.45) is 7.34. The van der Waals surface area contributed by atoms with E-state index in [9.17, 15) is 0 Å². The third kappa shape index (κ3) is 3.08. The summed E-state index contributed by atoms with van der Waals surface area (Å²) >= 11 is 0. The Morgan fingerprint density at radius 3 is 2.50 bits per heavy atom. The minimum Gasteiger partial charge on any atom is -0.380 e. The zero-order chi connectivity index (χ0) is 11.4. The minimum atomic E-state index is 0.304. The monoisotopic (exact) mass is 224 g/mol. The molecule has 1 aliphatic carbocycles. The fourth-order valence-corrected chi connectivity index (χ4v) is 2.60. The molecule has 0 unspecified atom stereocenters. The third-order valence-electron chi connectivity index (χ3n) is 3.93. The first-order valence-electron chi connectivity index (χ1n) is 6.50. The Hall–Kier alpha value is -0.340. The fourth-order valence-electron chi connectivity index (χ4n) is 2.60. The van der Waals surface area contributed by atoms with E-state index in [-0.39, 0.29) is 0 Å². The third-order valence-corrected chi connectivity index (χ3v) is 3.93. The number of hydrogen-bond acceptors (Lipinski definition) is 2. The Labute approximate surface area is 99.0 Å². The zero-order valence-corrected chi connectivity index (χ0v) is 10.4. The second-order valence-electron chi connectivity index (χ2n) is 5.84. The molecule has 1 aliphatic heterocycles. The summed E-state index contributed by atoms with van der Waals surface area (Å²) in [5.74, 6) is 1.54. The first kappa shape index (κ1) is 12.1. The topological polar surface area (TPSA) is 18.5 Å². The molecule has 0 bridgehead atoms. The van der Waals surface area contributed by atoms with E-state index in [1.54, 1.807) is 0 Å². The van der Waals surface area contributed by atoms with Gasteiger partial charge in [0.2, 0.25) is 0 Å². The molecule has 0 amide bonds. The van der Waals surface area contributed by atoms with Crippen molar-refractivity contribution in [3.8, 4) is 0 Å². The van der Waals surface area contributed by atoms with Gasteiger partial charge >= 0.3 is 0 Å². The van der Waals surface area contributed by atoms with Crippen LogP contribution in [0.1, 0.15) is 32.6 Å². The van der Waals surface area contributed by atoms with E-state index in [1.165, 1.54) is 25.7 Å². The predicted octanol–water partition coefficient (Wildman–Crippen LogP) is 3.03. The quantitative estimate of drug-likeness (QED) is 0.668. The van der Waals surface area contributed by atoms with Crippen LogP contribution < -0.4 is 0 Å². The molecule has 16 heavy (non-hydrogen) atoms. The molecule has 0 N–H and O–H groups in total. The molecule has 0 spiro atoms. The SMILES string of the molecule is C=CC1CCC(COCC2(C)COC2)CC1. The highest BCUT2D eigenvalue weighted by Crippen LogP contribution is 2.31. The van der Waals surface area contributed by atoms with Crippen LogP contribution in [0.3, 0.4) is 0 Å². The maximum Gasteiger partial charge on any atom is 0.0564 e. The van der Waals surface area contributed by atoms with E-state index < -0.39 is 0 Å². The van der Waals surface area contributed by atoms with E-state index in [0.29, 0.717) is 5.41 Å². The molecule has 1 saturated heterocycles. The second kappa shape index (κ2) is 5.33. The Balaban J connectivity index is 1.58. The lowest BCUT2D eigenvalue weighted by Crippen LogP contribution is -2.43. The summed E-state index contributed by atoms with van der Waals surface area (Å²) in [7, 11) is 0. The number of ether oxygens (including phenoxy) is 2. The molecule has 2 rings (SSSR count). The van der Waals surface area contributed by atoms with Crippen LogP contribution in [-0.4, -0.2) is 26.4 Å². The van der Waals surface area contributed by atoms with Crippen molar-refractivity contribution < 1.29 is 9.47 Å². The van der Waals surface area contributed by atoms with Crippen molar-refractivity contribution >= 4 is 0 Å². The molecule has 0 aromatic heterocycles. The molecular formula is C14H24O2. The molecule has 92 valence electrons. The van der Waals surface area contributed by atoms with Gasteiger partial charge in [-0.25, -0.2) is 0 Å². The maximum atomic E-state index is 5.84. The first-order chi connectivity index (χ1) is 7.72. The smallest absolute Gasteiger partial charge is 0.0564 e. The Morgan fingerprint density at radius 2 is 2.00 bits per heavy atom. The highest BCUT2D eigenvalue weighted by molar-refractivity contribution is 4.84. The standard InChI is InChI=1S/C14H24O2/c1-3-12-4-6-13(7-5-12)8-15-9-14(2)10-16-11-14/h3,12-13H,1,4-11H2,2H3. The predicted molar refractivity (Wildman–Crippen MR) is 65.4 cm³/mol. The van der Waals surface area contributed by atoms with Crippen molar-refractivity contribution in [1.82, 2.24) is 0 Å². The van der Waals surface area contributed by atoms with Crippen LogP contribution in [-0.2, 0) is 9.47 Å². The molecule has 1 saturated carbocycles. The van der Waals surface area contributed by atoms with Gasteiger partial charge < -0.3 is 9.47 Å². The summed E-state index contributed by atoms with van der Waals surface area (Å²) in [4.78, 5) is 0. The molecule has 0 aromatic rings. The van der Waals surface area contributed by atoms with Gasteiger partial charge in [-0.3, -0.25) is 0 Å². The van der Waals surface area contributed by atoms with Gasteiger partial charge in [0.15, 0.2) is 0 Å². The molecule has 0 radical (unpaired) electrons. The van der Waals surface area contributed by atoms with Crippen molar-refractivity contribution in [2.45, 2.75) is 32.6 Å². The van der Waals surface area contributed by atoms with E-state index in [2.05, 4.69) is 19.6 Å². The Morgan fingerprint density at radius 1 is 1.31 bits per heavy atom. The molecule has 0 atom stereocenters. The van der Waals surface area contributed by atoms with Crippen LogP contribution in [0.15, 0.2) is 12.7 Å². The van der Waals surface area contributed by atoms with Crippen molar-refractivity contribution in [2.24, 2.45) is 17.3 Å². The lowest BCUT2D eigenvalue weighted by molar-refractivity contribution is -0.141. The highest BCUT2D eigenvalue weighted by atomic mass is 16.5. The van der Waals surface area contributed by atoms with E-state index in [1.807, 2.05) is 0 Å². The summed E-state index contributed by atoms with van der Waals surface area (Å²) in [5.41, 5.74) is 0.304. The number of allylic oxidation sites excluding steroid dienone is 1. The van der Waals surface area contributed by atoms with E-state index in [0.717, 1.165) is 38.3 Å². The van der Waals surface area contributed by atoms with Gasteiger partial charge in [0, 0.05) is 12.0 Å². The largest absolute Gasteiger partial charge is 0.380 e. The van der Waals surface area contributed by atoms with Gasteiger partial charge in [-0.1, -0.05) is 13.0 Å². The van der Waals surface area contributed by atoms with Gasteiger partial charge in [0.05, 0.1) is 19.8 Å². The lowest BCUT2D eigenvalue weighted by atomic mass is 9.82. The van der Waals surface area contributed by atoms with Crippen LogP contribution in [0.2, 0.25) is 0 Å².